The fourth-order valence-corrected chi connectivity index (χ4v) is 6.37. The van der Waals surface area contributed by atoms with Crippen LogP contribution >= 0.6 is 0 Å². The summed E-state index contributed by atoms with van der Waals surface area (Å²) in [7, 11) is 0. The summed E-state index contributed by atoms with van der Waals surface area (Å²) in [6.07, 6.45) is 3.64. The van der Waals surface area contributed by atoms with E-state index in [1.54, 1.807) is 6.07 Å². The number of anilines is 2. The van der Waals surface area contributed by atoms with Gasteiger partial charge in [-0.3, -0.25) is 9.88 Å². The van der Waals surface area contributed by atoms with Crippen molar-refractivity contribution in [2.24, 2.45) is 0 Å². The van der Waals surface area contributed by atoms with Crippen molar-refractivity contribution in [1.82, 2.24) is 15.2 Å². The summed E-state index contributed by atoms with van der Waals surface area (Å²) in [6.45, 7) is 7.98. The van der Waals surface area contributed by atoms with Gasteiger partial charge in [0.2, 0.25) is 0 Å². The summed E-state index contributed by atoms with van der Waals surface area (Å²) < 4.78 is 13.8. The molecule has 0 radical (unpaired) electrons. The molecule has 192 valence electrons. The third kappa shape index (κ3) is 5.15. The van der Waals surface area contributed by atoms with Gasteiger partial charge in [-0.05, 0) is 68.1 Å². The van der Waals surface area contributed by atoms with E-state index in [1.165, 1.54) is 11.3 Å². The number of morpholine rings is 1. The van der Waals surface area contributed by atoms with E-state index >= 15 is 0 Å². The van der Waals surface area contributed by atoms with Crippen LogP contribution in [0.5, 0.6) is 0 Å². The van der Waals surface area contributed by atoms with E-state index in [0.29, 0.717) is 29.2 Å². The maximum Gasteiger partial charge on any atom is 0.101 e. The quantitative estimate of drug-likeness (QED) is 0.555. The molecule has 7 heteroatoms. The molecule has 3 aliphatic rings. The van der Waals surface area contributed by atoms with Gasteiger partial charge in [-0.1, -0.05) is 12.1 Å². The first-order chi connectivity index (χ1) is 18.6. The Morgan fingerprint density at radius 1 is 1.22 bits per heavy atom. The molecule has 0 spiro atoms. The van der Waals surface area contributed by atoms with Gasteiger partial charge in [0.25, 0.3) is 0 Å². The number of nitrogens with one attached hydrogen (secondary N) is 2. The van der Waals surface area contributed by atoms with Crippen LogP contribution in [0.2, 0.25) is 0 Å². The second-order valence-corrected chi connectivity index (χ2v) is 10.7. The molecule has 37 heavy (non-hydrogen) atoms. The first-order valence-corrected chi connectivity index (χ1v) is 13.6. The summed E-state index contributed by atoms with van der Waals surface area (Å²) in [5.41, 5.74) is 4.77. The van der Waals surface area contributed by atoms with E-state index in [2.05, 4.69) is 68.7 Å². The molecule has 0 bridgehead atoms. The third-order valence-electron chi connectivity index (χ3n) is 8.19. The number of aromatic nitrogens is 1. The Balaban J connectivity index is 1.14. The summed E-state index contributed by atoms with van der Waals surface area (Å²) in [5, 5.41) is 17.8. The van der Waals surface area contributed by atoms with Gasteiger partial charge < -0.3 is 20.3 Å². The zero-order chi connectivity index (χ0) is 26.1. The lowest BCUT2D eigenvalue weighted by atomic mass is 9.91. The molecular weight excluding hydrogens is 460 g/mol. The molecule has 3 aliphatic heterocycles. The SMILES string of the molecule is [2H]c1ccc2c(N3C[C@@H]4C[C@H](Nc5ccc(C[C@@H]6CNCCO6)cc5)CCN4[C@H](C)C3)ccc(C#N)c2n1. The Morgan fingerprint density at radius 2 is 2.11 bits per heavy atom. The van der Waals surface area contributed by atoms with E-state index in [-0.39, 0.29) is 12.3 Å². The molecule has 2 aromatic carbocycles. The average Bonchev–Trinajstić information content (AvgIpc) is 2.94. The van der Waals surface area contributed by atoms with Crippen molar-refractivity contribution < 1.29 is 6.11 Å². The number of benzene rings is 2. The molecule has 0 unspecified atom stereocenters. The highest BCUT2D eigenvalue weighted by Gasteiger charge is 2.37. The van der Waals surface area contributed by atoms with Crippen molar-refractivity contribution in [3.63, 3.8) is 0 Å². The van der Waals surface area contributed by atoms with Gasteiger partial charge in [0.15, 0.2) is 0 Å². The molecule has 0 saturated carbocycles. The highest BCUT2D eigenvalue weighted by molar-refractivity contribution is 5.95. The lowest BCUT2D eigenvalue weighted by Gasteiger charge is -2.50. The van der Waals surface area contributed by atoms with Crippen molar-refractivity contribution in [3.05, 3.63) is 65.8 Å². The molecule has 2 N–H and O–H groups in total. The van der Waals surface area contributed by atoms with Crippen molar-refractivity contribution in [2.45, 2.75) is 50.4 Å². The molecule has 4 heterocycles. The Bertz CT molecular complexity index is 1320. The number of pyridine rings is 1. The van der Waals surface area contributed by atoms with Crippen LogP contribution in [0.15, 0.2) is 54.7 Å². The van der Waals surface area contributed by atoms with Crippen LogP contribution in [0.1, 0.15) is 32.3 Å². The zero-order valence-electron chi connectivity index (χ0n) is 22.5. The van der Waals surface area contributed by atoms with Crippen LogP contribution < -0.4 is 15.5 Å². The van der Waals surface area contributed by atoms with Gasteiger partial charge in [0, 0.05) is 73.8 Å². The van der Waals surface area contributed by atoms with Gasteiger partial charge in [-0.15, -0.1) is 0 Å². The van der Waals surface area contributed by atoms with Crippen molar-refractivity contribution >= 4 is 22.3 Å². The molecule has 0 amide bonds. The molecule has 1 aromatic heterocycles. The second-order valence-electron chi connectivity index (χ2n) is 10.7. The van der Waals surface area contributed by atoms with Gasteiger partial charge in [-0.2, -0.15) is 5.26 Å². The smallest absolute Gasteiger partial charge is 0.101 e. The topological polar surface area (TPSA) is 76.5 Å². The van der Waals surface area contributed by atoms with Gasteiger partial charge in [0.1, 0.15) is 6.07 Å². The maximum atomic E-state index is 9.58. The predicted molar refractivity (Wildman–Crippen MR) is 148 cm³/mol. The number of piperidine rings is 1. The summed E-state index contributed by atoms with van der Waals surface area (Å²) >= 11 is 0. The number of fused-ring (bicyclic) bond motifs is 2. The summed E-state index contributed by atoms with van der Waals surface area (Å²) in [6, 6.07) is 20.0. The van der Waals surface area contributed by atoms with Crippen LogP contribution in [-0.2, 0) is 11.2 Å². The highest BCUT2D eigenvalue weighted by Crippen LogP contribution is 2.34. The third-order valence-corrected chi connectivity index (χ3v) is 8.19. The molecule has 4 atom stereocenters. The Labute approximate surface area is 220 Å². The Morgan fingerprint density at radius 3 is 2.92 bits per heavy atom. The van der Waals surface area contributed by atoms with Crippen LogP contribution in [0.3, 0.4) is 0 Å². The molecule has 3 aromatic rings. The molecule has 6 rings (SSSR count). The molecule has 3 saturated heterocycles. The zero-order valence-corrected chi connectivity index (χ0v) is 21.5. The number of nitrogens with zero attached hydrogens (tertiary/aromatic N) is 4. The molecule has 3 fully saturated rings. The van der Waals surface area contributed by atoms with Crippen LogP contribution in [-0.4, -0.2) is 73.4 Å². The van der Waals surface area contributed by atoms with E-state index < -0.39 is 0 Å². The molecule has 0 aliphatic carbocycles. The summed E-state index contributed by atoms with van der Waals surface area (Å²) in [4.78, 5) is 9.51. The number of nitriles is 1. The predicted octanol–water partition coefficient (Wildman–Crippen LogP) is 3.79. The molecular formula is C30H36N6O. The van der Waals surface area contributed by atoms with Crippen molar-refractivity contribution in [2.75, 3.05) is 49.5 Å². The van der Waals surface area contributed by atoms with E-state index in [4.69, 9.17) is 6.11 Å². The number of hydrogen-bond acceptors (Lipinski definition) is 7. The number of rotatable bonds is 5. The van der Waals surface area contributed by atoms with E-state index in [9.17, 15) is 5.26 Å². The van der Waals surface area contributed by atoms with E-state index in [1.807, 2.05) is 12.1 Å². The van der Waals surface area contributed by atoms with Crippen molar-refractivity contribution in [1.29, 1.82) is 5.26 Å². The van der Waals surface area contributed by atoms with Gasteiger partial charge >= 0.3 is 0 Å². The Kier molecular flexibility index (Phi) is 6.62. The van der Waals surface area contributed by atoms with Gasteiger partial charge in [-0.25, -0.2) is 0 Å². The normalized spacial score (nSPS) is 26.8. The number of hydrogen-bond donors (Lipinski definition) is 2. The lowest BCUT2D eigenvalue weighted by molar-refractivity contribution is 0.0292. The minimum atomic E-state index is 0.192. The van der Waals surface area contributed by atoms with Crippen LogP contribution in [0.4, 0.5) is 11.4 Å². The van der Waals surface area contributed by atoms with Crippen molar-refractivity contribution in [3.8, 4) is 6.07 Å². The highest BCUT2D eigenvalue weighted by atomic mass is 16.5. The van der Waals surface area contributed by atoms with Gasteiger partial charge in [0.05, 0.1) is 25.2 Å². The number of piperazine rings is 1. The Hall–Kier alpha value is -3.18. The largest absolute Gasteiger partial charge is 0.382 e. The standard InChI is InChI=1S/C30H36N6O/c1-21-19-35(29-9-6-23(17-31)30-28(29)3-2-11-33-30)20-26-16-25(10-13-36(21)26)34-24-7-4-22(5-8-24)15-27-18-32-12-14-37-27/h2-9,11,21,25-27,32,34H,10,12-16,18-20H2,1H3/t21-,25-,26+,27-/m1/s1/i11D. The fourth-order valence-electron chi connectivity index (χ4n) is 6.37. The monoisotopic (exact) mass is 497 g/mol. The van der Waals surface area contributed by atoms with Crippen LogP contribution in [0, 0.1) is 11.3 Å². The van der Waals surface area contributed by atoms with Crippen LogP contribution in [0.25, 0.3) is 10.9 Å². The summed E-state index contributed by atoms with van der Waals surface area (Å²) in [5.74, 6) is 0. The maximum absolute atomic E-state index is 9.58. The average molecular weight is 498 g/mol. The van der Waals surface area contributed by atoms with E-state index in [0.717, 1.165) is 69.7 Å². The first-order valence-electron chi connectivity index (χ1n) is 14.1. The second kappa shape index (κ2) is 10.7. The minimum Gasteiger partial charge on any atom is -0.382 e. The fraction of sp³-hybridized carbons (Fsp3) is 0.467. The number of ether oxygens (including phenoxy) is 1. The molecule has 7 nitrogen and oxygen atoms in total. The first kappa shape index (κ1) is 23.0. The minimum absolute atomic E-state index is 0.192. The lowest BCUT2D eigenvalue weighted by Crippen LogP contribution is -2.61.